The quantitative estimate of drug-likeness (QED) is 0.884. The van der Waals surface area contributed by atoms with Crippen LogP contribution in [0, 0.1) is 5.92 Å². The molecule has 0 spiro atoms. The number of anilines is 1. The van der Waals surface area contributed by atoms with Gasteiger partial charge in [-0.25, -0.2) is 4.98 Å². The Morgan fingerprint density at radius 3 is 2.75 bits per heavy atom. The Bertz CT molecular complexity index is 564. The third-order valence-corrected chi connectivity index (χ3v) is 3.33. The molecular weight excluding hydrogens is 278 g/mol. The summed E-state index contributed by atoms with van der Waals surface area (Å²) in [6.45, 7) is 3.71. The standard InChI is InChI=1S/C13H15N3O3S/c1-8(2)10(12(18)16-13-14-5-7-20-13)15-11(17)9-4-3-6-19-9/h3-8,10H,1-2H3,(H,15,17)(H,14,16,18). The molecule has 0 aliphatic carbocycles. The minimum absolute atomic E-state index is 0.0612. The lowest BCUT2D eigenvalue weighted by Crippen LogP contribution is -2.47. The number of carbonyl (C=O) groups excluding carboxylic acids is 2. The van der Waals surface area contributed by atoms with E-state index in [4.69, 9.17) is 4.42 Å². The van der Waals surface area contributed by atoms with Crippen molar-refractivity contribution in [1.29, 1.82) is 0 Å². The van der Waals surface area contributed by atoms with Gasteiger partial charge in [0, 0.05) is 11.6 Å². The van der Waals surface area contributed by atoms with Crippen molar-refractivity contribution >= 4 is 28.3 Å². The van der Waals surface area contributed by atoms with E-state index in [2.05, 4.69) is 15.6 Å². The molecule has 2 heterocycles. The smallest absolute Gasteiger partial charge is 0.287 e. The molecule has 1 unspecified atom stereocenters. The normalized spacial score (nSPS) is 12.2. The molecule has 2 rings (SSSR count). The molecule has 0 fully saturated rings. The molecule has 106 valence electrons. The average molecular weight is 293 g/mol. The fourth-order valence-corrected chi connectivity index (χ4v) is 2.16. The molecule has 2 N–H and O–H groups in total. The van der Waals surface area contributed by atoms with Crippen LogP contribution in [0.25, 0.3) is 0 Å². The van der Waals surface area contributed by atoms with E-state index in [0.29, 0.717) is 5.13 Å². The van der Waals surface area contributed by atoms with Crippen LogP contribution in [-0.2, 0) is 4.79 Å². The summed E-state index contributed by atoms with van der Waals surface area (Å²) in [5.41, 5.74) is 0. The number of nitrogens with zero attached hydrogens (tertiary/aromatic N) is 1. The second-order valence-electron chi connectivity index (χ2n) is 4.50. The Morgan fingerprint density at radius 1 is 1.40 bits per heavy atom. The van der Waals surface area contributed by atoms with Gasteiger partial charge in [-0.1, -0.05) is 13.8 Å². The molecule has 0 aliphatic heterocycles. The van der Waals surface area contributed by atoms with Crippen LogP contribution in [0.15, 0.2) is 34.4 Å². The highest BCUT2D eigenvalue weighted by molar-refractivity contribution is 7.13. The minimum atomic E-state index is -0.656. The summed E-state index contributed by atoms with van der Waals surface area (Å²) < 4.78 is 5.01. The maximum absolute atomic E-state index is 12.2. The predicted molar refractivity (Wildman–Crippen MR) is 75.5 cm³/mol. The lowest BCUT2D eigenvalue weighted by atomic mass is 10.0. The topological polar surface area (TPSA) is 84.2 Å². The molecular formula is C13H15N3O3S. The number of rotatable bonds is 5. The Balaban J connectivity index is 2.03. The summed E-state index contributed by atoms with van der Waals surface area (Å²) >= 11 is 1.32. The monoisotopic (exact) mass is 293 g/mol. The lowest BCUT2D eigenvalue weighted by molar-refractivity contribution is -0.118. The van der Waals surface area contributed by atoms with E-state index in [1.54, 1.807) is 23.7 Å². The van der Waals surface area contributed by atoms with Crippen molar-refractivity contribution in [3.05, 3.63) is 35.7 Å². The minimum Gasteiger partial charge on any atom is -0.459 e. The first-order valence-corrected chi connectivity index (χ1v) is 7.00. The fourth-order valence-electron chi connectivity index (χ4n) is 1.62. The van der Waals surface area contributed by atoms with Gasteiger partial charge < -0.3 is 15.1 Å². The molecule has 1 atom stereocenters. The van der Waals surface area contributed by atoms with Gasteiger partial charge in [-0.05, 0) is 18.1 Å². The van der Waals surface area contributed by atoms with Gasteiger partial charge in [0.05, 0.1) is 6.26 Å². The van der Waals surface area contributed by atoms with Gasteiger partial charge in [-0.2, -0.15) is 0 Å². The summed E-state index contributed by atoms with van der Waals surface area (Å²) in [5.74, 6) is -0.593. The Kier molecular flexibility index (Phi) is 4.52. The summed E-state index contributed by atoms with van der Waals surface area (Å²) in [6.07, 6.45) is 3.01. The number of hydrogen-bond acceptors (Lipinski definition) is 5. The van der Waals surface area contributed by atoms with Gasteiger partial charge in [0.2, 0.25) is 5.91 Å². The Labute approximate surface area is 120 Å². The molecule has 0 radical (unpaired) electrons. The largest absolute Gasteiger partial charge is 0.459 e. The molecule has 0 aromatic carbocycles. The fraction of sp³-hybridized carbons (Fsp3) is 0.308. The van der Waals surface area contributed by atoms with Crippen molar-refractivity contribution in [2.24, 2.45) is 5.92 Å². The van der Waals surface area contributed by atoms with Crippen LogP contribution in [0.5, 0.6) is 0 Å². The van der Waals surface area contributed by atoms with E-state index in [1.165, 1.54) is 17.6 Å². The molecule has 7 heteroatoms. The van der Waals surface area contributed by atoms with Gasteiger partial charge in [0.1, 0.15) is 6.04 Å². The van der Waals surface area contributed by atoms with Crippen LogP contribution in [0.1, 0.15) is 24.4 Å². The van der Waals surface area contributed by atoms with Gasteiger partial charge in [-0.3, -0.25) is 9.59 Å². The van der Waals surface area contributed by atoms with Crippen molar-refractivity contribution < 1.29 is 14.0 Å². The van der Waals surface area contributed by atoms with E-state index in [0.717, 1.165) is 0 Å². The van der Waals surface area contributed by atoms with E-state index in [-0.39, 0.29) is 17.6 Å². The molecule has 0 bridgehead atoms. The highest BCUT2D eigenvalue weighted by Crippen LogP contribution is 2.13. The summed E-state index contributed by atoms with van der Waals surface area (Å²) in [6, 6.07) is 2.51. The van der Waals surface area contributed by atoms with Gasteiger partial charge in [0.15, 0.2) is 10.9 Å². The maximum atomic E-state index is 12.2. The Hall–Kier alpha value is -2.15. The van der Waals surface area contributed by atoms with Gasteiger partial charge in [0.25, 0.3) is 5.91 Å². The first kappa shape index (κ1) is 14.3. The van der Waals surface area contributed by atoms with E-state index in [9.17, 15) is 9.59 Å². The van der Waals surface area contributed by atoms with Crippen molar-refractivity contribution in [2.45, 2.75) is 19.9 Å². The SMILES string of the molecule is CC(C)C(NC(=O)c1ccco1)C(=O)Nc1nccs1. The highest BCUT2D eigenvalue weighted by Gasteiger charge is 2.26. The molecule has 2 amide bonds. The van der Waals surface area contributed by atoms with E-state index < -0.39 is 11.9 Å². The van der Waals surface area contributed by atoms with Crippen LogP contribution in [-0.4, -0.2) is 22.8 Å². The molecule has 0 aliphatic rings. The van der Waals surface area contributed by atoms with Crippen LogP contribution >= 0.6 is 11.3 Å². The second kappa shape index (κ2) is 6.33. The first-order chi connectivity index (χ1) is 9.58. The van der Waals surface area contributed by atoms with Crippen molar-refractivity contribution in [1.82, 2.24) is 10.3 Å². The van der Waals surface area contributed by atoms with Crippen molar-refractivity contribution in [2.75, 3.05) is 5.32 Å². The number of carbonyl (C=O) groups is 2. The number of nitrogens with one attached hydrogen (secondary N) is 2. The van der Waals surface area contributed by atoms with E-state index in [1.807, 2.05) is 13.8 Å². The first-order valence-electron chi connectivity index (χ1n) is 6.12. The molecule has 6 nitrogen and oxygen atoms in total. The van der Waals surface area contributed by atoms with Crippen LogP contribution in [0.3, 0.4) is 0 Å². The highest BCUT2D eigenvalue weighted by atomic mass is 32.1. The molecule has 0 saturated heterocycles. The van der Waals surface area contributed by atoms with E-state index >= 15 is 0 Å². The maximum Gasteiger partial charge on any atom is 0.287 e. The zero-order chi connectivity index (χ0) is 14.5. The number of hydrogen-bond donors (Lipinski definition) is 2. The Morgan fingerprint density at radius 2 is 2.20 bits per heavy atom. The van der Waals surface area contributed by atoms with Crippen molar-refractivity contribution in [3.63, 3.8) is 0 Å². The third-order valence-electron chi connectivity index (χ3n) is 2.64. The zero-order valence-corrected chi connectivity index (χ0v) is 11.9. The number of thiazole rings is 1. The summed E-state index contributed by atoms with van der Waals surface area (Å²) in [4.78, 5) is 28.1. The zero-order valence-electron chi connectivity index (χ0n) is 11.1. The number of aromatic nitrogens is 1. The third kappa shape index (κ3) is 3.45. The van der Waals surface area contributed by atoms with Crippen LogP contribution in [0.4, 0.5) is 5.13 Å². The average Bonchev–Trinajstić information content (AvgIpc) is 3.07. The number of furan rings is 1. The molecule has 2 aromatic heterocycles. The van der Waals surface area contributed by atoms with Gasteiger partial charge >= 0.3 is 0 Å². The summed E-state index contributed by atoms with van der Waals surface area (Å²) in [5, 5.41) is 7.61. The molecule has 20 heavy (non-hydrogen) atoms. The molecule has 2 aromatic rings. The summed E-state index contributed by atoms with van der Waals surface area (Å²) in [7, 11) is 0. The molecule has 0 saturated carbocycles. The lowest BCUT2D eigenvalue weighted by Gasteiger charge is -2.20. The van der Waals surface area contributed by atoms with Gasteiger partial charge in [-0.15, -0.1) is 11.3 Å². The predicted octanol–water partition coefficient (Wildman–Crippen LogP) is 2.13. The van der Waals surface area contributed by atoms with Crippen LogP contribution in [0.2, 0.25) is 0 Å². The number of amides is 2. The van der Waals surface area contributed by atoms with Crippen molar-refractivity contribution in [3.8, 4) is 0 Å². The van der Waals surface area contributed by atoms with Crippen LogP contribution < -0.4 is 10.6 Å². The second-order valence-corrected chi connectivity index (χ2v) is 5.39.